The van der Waals surface area contributed by atoms with Crippen LogP contribution in [0, 0.1) is 6.92 Å². The van der Waals surface area contributed by atoms with Crippen LogP contribution >= 0.6 is 0 Å². The van der Waals surface area contributed by atoms with Crippen molar-refractivity contribution in [1.82, 2.24) is 20.0 Å². The molecule has 0 radical (unpaired) electrons. The molecule has 5 heteroatoms. The Balaban J connectivity index is 1.85. The third-order valence-electron chi connectivity index (χ3n) is 3.95. The Labute approximate surface area is 124 Å². The number of nitrogens with one attached hydrogen (secondary N) is 1. The van der Waals surface area contributed by atoms with Crippen LogP contribution < -0.4 is 5.32 Å². The number of carbonyl (C=O) groups is 1. The average Bonchev–Trinajstić information content (AvgIpc) is 2.97. The SMILES string of the molecule is Cc1ccccc1-n1cc(C(=O)N2CCNC[C@H]2C)cn1. The van der Waals surface area contributed by atoms with Crippen molar-refractivity contribution in [2.75, 3.05) is 19.6 Å². The highest BCUT2D eigenvalue weighted by Gasteiger charge is 2.25. The summed E-state index contributed by atoms with van der Waals surface area (Å²) in [5.41, 5.74) is 2.78. The van der Waals surface area contributed by atoms with Crippen LogP contribution in [0.4, 0.5) is 0 Å². The quantitative estimate of drug-likeness (QED) is 0.911. The van der Waals surface area contributed by atoms with E-state index in [0.717, 1.165) is 30.9 Å². The molecule has 5 nitrogen and oxygen atoms in total. The van der Waals surface area contributed by atoms with E-state index in [1.165, 1.54) is 0 Å². The third kappa shape index (κ3) is 2.69. The van der Waals surface area contributed by atoms with Crippen LogP contribution in [0.5, 0.6) is 0 Å². The second-order valence-electron chi connectivity index (χ2n) is 5.51. The van der Waals surface area contributed by atoms with Gasteiger partial charge < -0.3 is 10.2 Å². The first-order chi connectivity index (χ1) is 10.2. The van der Waals surface area contributed by atoms with Crippen LogP contribution in [-0.4, -0.2) is 46.3 Å². The molecule has 1 aliphatic rings. The molecular weight excluding hydrogens is 264 g/mol. The minimum atomic E-state index is 0.0591. The van der Waals surface area contributed by atoms with Crippen LogP contribution in [-0.2, 0) is 0 Å². The molecule has 2 aromatic rings. The second kappa shape index (κ2) is 5.69. The standard InChI is InChI=1S/C16H20N4O/c1-12-5-3-4-6-15(12)20-11-14(10-18-20)16(21)19-8-7-17-9-13(19)2/h3-6,10-11,13,17H,7-9H2,1-2H3/t13-/m1/s1. The van der Waals surface area contributed by atoms with Crippen LogP contribution in [0.2, 0.25) is 0 Å². The summed E-state index contributed by atoms with van der Waals surface area (Å²) >= 11 is 0. The number of para-hydroxylation sites is 1. The maximum atomic E-state index is 12.6. The van der Waals surface area contributed by atoms with Gasteiger partial charge in [-0.1, -0.05) is 18.2 Å². The van der Waals surface area contributed by atoms with Crippen LogP contribution in [0.1, 0.15) is 22.8 Å². The lowest BCUT2D eigenvalue weighted by atomic mass is 10.2. The van der Waals surface area contributed by atoms with Gasteiger partial charge in [0.2, 0.25) is 0 Å². The fourth-order valence-corrected chi connectivity index (χ4v) is 2.69. The summed E-state index contributed by atoms with van der Waals surface area (Å²) in [5, 5.41) is 7.64. The fraction of sp³-hybridized carbons (Fsp3) is 0.375. The molecule has 1 fully saturated rings. The van der Waals surface area contributed by atoms with E-state index in [-0.39, 0.29) is 11.9 Å². The van der Waals surface area contributed by atoms with Crippen molar-refractivity contribution >= 4 is 5.91 Å². The minimum absolute atomic E-state index is 0.0591. The summed E-state index contributed by atoms with van der Waals surface area (Å²) in [5.74, 6) is 0.0591. The van der Waals surface area contributed by atoms with E-state index in [2.05, 4.69) is 17.3 Å². The van der Waals surface area contributed by atoms with Crippen LogP contribution in [0.15, 0.2) is 36.7 Å². The van der Waals surface area contributed by atoms with Gasteiger partial charge >= 0.3 is 0 Å². The van der Waals surface area contributed by atoms with Gasteiger partial charge in [0.05, 0.1) is 17.4 Å². The lowest BCUT2D eigenvalue weighted by Gasteiger charge is -2.33. The molecule has 0 aliphatic carbocycles. The highest BCUT2D eigenvalue weighted by Crippen LogP contribution is 2.15. The van der Waals surface area contributed by atoms with Crippen molar-refractivity contribution in [1.29, 1.82) is 0 Å². The number of aromatic nitrogens is 2. The van der Waals surface area contributed by atoms with Gasteiger partial charge in [-0.15, -0.1) is 0 Å². The van der Waals surface area contributed by atoms with E-state index in [9.17, 15) is 4.79 Å². The zero-order valence-electron chi connectivity index (χ0n) is 12.4. The monoisotopic (exact) mass is 284 g/mol. The molecule has 1 saturated heterocycles. The maximum absolute atomic E-state index is 12.6. The molecular formula is C16H20N4O. The molecule has 1 amide bonds. The Morgan fingerprint density at radius 1 is 1.38 bits per heavy atom. The van der Waals surface area contributed by atoms with Crippen molar-refractivity contribution in [3.63, 3.8) is 0 Å². The zero-order valence-corrected chi connectivity index (χ0v) is 12.4. The number of nitrogens with zero attached hydrogens (tertiary/aromatic N) is 3. The van der Waals surface area contributed by atoms with E-state index in [1.54, 1.807) is 10.9 Å². The molecule has 1 aromatic carbocycles. The number of amides is 1. The van der Waals surface area contributed by atoms with E-state index in [1.807, 2.05) is 42.3 Å². The first kappa shape index (κ1) is 13.8. The number of carbonyl (C=O) groups excluding carboxylic acids is 1. The third-order valence-corrected chi connectivity index (χ3v) is 3.95. The van der Waals surface area contributed by atoms with E-state index in [0.29, 0.717) is 5.56 Å². The highest BCUT2D eigenvalue weighted by atomic mass is 16.2. The second-order valence-corrected chi connectivity index (χ2v) is 5.51. The van der Waals surface area contributed by atoms with Gasteiger partial charge in [0.15, 0.2) is 0 Å². The van der Waals surface area contributed by atoms with Gasteiger partial charge in [-0.05, 0) is 25.5 Å². The molecule has 0 spiro atoms. The summed E-state index contributed by atoms with van der Waals surface area (Å²) in [6.45, 7) is 6.54. The molecule has 21 heavy (non-hydrogen) atoms. The number of aryl methyl sites for hydroxylation is 1. The molecule has 1 N–H and O–H groups in total. The lowest BCUT2D eigenvalue weighted by molar-refractivity contribution is 0.0656. The van der Waals surface area contributed by atoms with E-state index >= 15 is 0 Å². The molecule has 0 bridgehead atoms. The summed E-state index contributed by atoms with van der Waals surface area (Å²) < 4.78 is 1.77. The summed E-state index contributed by atoms with van der Waals surface area (Å²) in [7, 11) is 0. The topological polar surface area (TPSA) is 50.2 Å². The largest absolute Gasteiger partial charge is 0.333 e. The minimum Gasteiger partial charge on any atom is -0.333 e. The zero-order chi connectivity index (χ0) is 14.8. The first-order valence-corrected chi connectivity index (χ1v) is 7.29. The number of benzene rings is 1. The van der Waals surface area contributed by atoms with Gasteiger partial charge in [0.25, 0.3) is 5.91 Å². The van der Waals surface area contributed by atoms with Gasteiger partial charge in [-0.25, -0.2) is 4.68 Å². The summed E-state index contributed by atoms with van der Waals surface area (Å²) in [6, 6.07) is 8.23. The van der Waals surface area contributed by atoms with E-state index < -0.39 is 0 Å². The number of rotatable bonds is 2. The Morgan fingerprint density at radius 2 is 2.19 bits per heavy atom. The van der Waals surface area contributed by atoms with Gasteiger partial charge in [-0.2, -0.15) is 5.10 Å². The number of hydrogen-bond acceptors (Lipinski definition) is 3. The van der Waals surface area contributed by atoms with Gasteiger partial charge in [0, 0.05) is 31.9 Å². The Hall–Kier alpha value is -2.14. The Kier molecular flexibility index (Phi) is 3.75. The predicted molar refractivity (Wildman–Crippen MR) is 81.7 cm³/mol. The first-order valence-electron chi connectivity index (χ1n) is 7.29. The Bertz CT molecular complexity index is 649. The number of piperazine rings is 1. The van der Waals surface area contributed by atoms with Crippen molar-refractivity contribution < 1.29 is 4.79 Å². The number of hydrogen-bond donors (Lipinski definition) is 1. The molecule has 3 rings (SSSR count). The molecule has 0 unspecified atom stereocenters. The van der Waals surface area contributed by atoms with Crippen LogP contribution in [0.3, 0.4) is 0 Å². The van der Waals surface area contributed by atoms with Crippen molar-refractivity contribution in [3.8, 4) is 5.69 Å². The van der Waals surface area contributed by atoms with Crippen molar-refractivity contribution in [2.24, 2.45) is 0 Å². The lowest BCUT2D eigenvalue weighted by Crippen LogP contribution is -2.52. The smallest absolute Gasteiger partial charge is 0.257 e. The molecule has 1 aromatic heterocycles. The molecule has 110 valence electrons. The van der Waals surface area contributed by atoms with E-state index in [4.69, 9.17) is 0 Å². The predicted octanol–water partition coefficient (Wildman–Crippen LogP) is 1.61. The van der Waals surface area contributed by atoms with Crippen molar-refractivity contribution in [3.05, 3.63) is 47.8 Å². The summed E-state index contributed by atoms with van der Waals surface area (Å²) in [6.07, 6.45) is 3.48. The summed E-state index contributed by atoms with van der Waals surface area (Å²) in [4.78, 5) is 14.5. The van der Waals surface area contributed by atoms with Crippen LogP contribution in [0.25, 0.3) is 5.69 Å². The van der Waals surface area contributed by atoms with Gasteiger partial charge in [-0.3, -0.25) is 4.79 Å². The Morgan fingerprint density at radius 3 is 2.95 bits per heavy atom. The highest BCUT2D eigenvalue weighted by molar-refractivity contribution is 5.94. The van der Waals surface area contributed by atoms with Gasteiger partial charge in [0.1, 0.15) is 0 Å². The maximum Gasteiger partial charge on any atom is 0.257 e. The normalized spacial score (nSPS) is 18.8. The molecule has 1 atom stereocenters. The van der Waals surface area contributed by atoms with Crippen molar-refractivity contribution in [2.45, 2.75) is 19.9 Å². The average molecular weight is 284 g/mol. The molecule has 2 heterocycles. The molecule has 0 saturated carbocycles. The fourth-order valence-electron chi connectivity index (χ4n) is 2.69. The molecule has 1 aliphatic heterocycles.